The van der Waals surface area contributed by atoms with Gasteiger partial charge in [-0.3, -0.25) is 4.79 Å². The maximum Gasteiger partial charge on any atom is 0.325 e. The molecule has 0 atom stereocenters. The van der Waals surface area contributed by atoms with Crippen LogP contribution in [0, 0.1) is 0 Å². The highest BCUT2D eigenvalue weighted by Gasteiger charge is 2.06. The summed E-state index contributed by atoms with van der Waals surface area (Å²) in [7, 11) is 1.00. The van der Waals surface area contributed by atoms with Crippen LogP contribution in [-0.2, 0) is 16.1 Å². The minimum Gasteiger partial charge on any atom is -0.465 e. The number of nitrogens with zero attached hydrogens (tertiary/aromatic N) is 1. The van der Waals surface area contributed by atoms with E-state index in [-0.39, 0.29) is 12.5 Å². The molecule has 5 nitrogen and oxygen atoms in total. The number of benzene rings is 1. The summed E-state index contributed by atoms with van der Waals surface area (Å²) in [6.07, 6.45) is 1.86. The van der Waals surface area contributed by atoms with Gasteiger partial charge >= 0.3 is 5.97 Å². The van der Waals surface area contributed by atoms with E-state index in [0.717, 1.165) is 23.7 Å². The van der Waals surface area contributed by atoms with Crippen molar-refractivity contribution in [3.63, 3.8) is 0 Å². The summed E-state index contributed by atoms with van der Waals surface area (Å²) >= 11 is 0. The van der Waals surface area contributed by atoms with Gasteiger partial charge in [0.2, 0.25) is 0 Å². The Bertz CT molecular complexity index is 520. The summed E-state index contributed by atoms with van der Waals surface area (Å²) in [5.74, 6) is -0.225. The van der Waals surface area contributed by atoms with Gasteiger partial charge < -0.3 is 20.1 Å². The Morgan fingerprint density at radius 3 is 2.78 bits per heavy atom. The number of aliphatic hydroxyl groups is 1. The first-order valence-corrected chi connectivity index (χ1v) is 5.65. The third-order valence-corrected chi connectivity index (χ3v) is 2.40. The molecule has 0 spiro atoms. The van der Waals surface area contributed by atoms with Crippen LogP contribution in [0.15, 0.2) is 30.5 Å². The van der Waals surface area contributed by atoms with E-state index in [4.69, 9.17) is 15.6 Å². The molecule has 0 aliphatic rings. The monoisotopic (exact) mass is 250 g/mol. The molecule has 3 N–H and O–H groups in total. The predicted octanol–water partition coefficient (Wildman–Crippen LogP) is 1.40. The molecule has 0 aliphatic heterocycles. The number of esters is 1. The fraction of sp³-hybridized carbons (Fsp3) is 0.308. The molecule has 2 rings (SSSR count). The van der Waals surface area contributed by atoms with Crippen LogP contribution < -0.4 is 5.73 Å². The fourth-order valence-electron chi connectivity index (χ4n) is 1.70. The lowest BCUT2D eigenvalue weighted by Gasteiger charge is -2.05. The summed E-state index contributed by atoms with van der Waals surface area (Å²) in [6.45, 7) is 2.44. The highest BCUT2D eigenvalue weighted by Crippen LogP contribution is 2.18. The summed E-state index contributed by atoms with van der Waals surface area (Å²) in [6, 6.07) is 7.55. The van der Waals surface area contributed by atoms with Gasteiger partial charge in [0.05, 0.1) is 6.61 Å². The Morgan fingerprint density at radius 2 is 2.11 bits per heavy atom. The van der Waals surface area contributed by atoms with Gasteiger partial charge in [0.25, 0.3) is 0 Å². The highest BCUT2D eigenvalue weighted by atomic mass is 16.5. The normalized spacial score (nSPS) is 9.72. The topological polar surface area (TPSA) is 77.5 Å². The van der Waals surface area contributed by atoms with Crippen LogP contribution in [0.25, 0.3) is 10.9 Å². The van der Waals surface area contributed by atoms with Crippen LogP contribution in [0.2, 0.25) is 0 Å². The van der Waals surface area contributed by atoms with E-state index in [1.54, 1.807) is 6.92 Å². The zero-order valence-corrected chi connectivity index (χ0v) is 10.6. The number of hydrogen-bond donors (Lipinski definition) is 2. The van der Waals surface area contributed by atoms with Gasteiger partial charge in [-0.2, -0.15) is 0 Å². The predicted molar refractivity (Wildman–Crippen MR) is 71.1 cm³/mol. The minimum absolute atomic E-state index is 0.225. The molecule has 0 fully saturated rings. The lowest BCUT2D eigenvalue weighted by atomic mass is 10.2. The zero-order chi connectivity index (χ0) is 13.5. The zero-order valence-electron chi connectivity index (χ0n) is 10.6. The Morgan fingerprint density at radius 1 is 1.39 bits per heavy atom. The highest BCUT2D eigenvalue weighted by molar-refractivity contribution is 5.84. The van der Waals surface area contributed by atoms with Crippen molar-refractivity contribution in [2.45, 2.75) is 13.5 Å². The first kappa shape index (κ1) is 14.1. The van der Waals surface area contributed by atoms with Crippen molar-refractivity contribution in [3.05, 3.63) is 30.5 Å². The molecule has 0 unspecified atom stereocenters. The standard InChI is InChI=1S/C12H14N2O2.CH4O/c1-2-16-12(15)8-14-6-5-9-7-10(13)3-4-11(9)14;1-2/h3-7H,2,8,13H2,1H3;2H,1H3. The van der Waals surface area contributed by atoms with Crippen molar-refractivity contribution in [1.82, 2.24) is 4.57 Å². The number of nitrogens with two attached hydrogens (primary N) is 1. The lowest BCUT2D eigenvalue weighted by Crippen LogP contribution is -2.12. The van der Waals surface area contributed by atoms with E-state index in [1.807, 2.05) is 35.0 Å². The second kappa shape index (κ2) is 6.66. The van der Waals surface area contributed by atoms with Crippen LogP contribution in [0.5, 0.6) is 0 Å². The molecule has 1 aromatic carbocycles. The van der Waals surface area contributed by atoms with Gasteiger partial charge in [-0.25, -0.2) is 0 Å². The van der Waals surface area contributed by atoms with Crippen molar-refractivity contribution >= 4 is 22.6 Å². The van der Waals surface area contributed by atoms with Crippen LogP contribution in [-0.4, -0.2) is 29.4 Å². The van der Waals surface area contributed by atoms with Crippen molar-refractivity contribution in [1.29, 1.82) is 0 Å². The van der Waals surface area contributed by atoms with E-state index in [9.17, 15) is 4.79 Å². The van der Waals surface area contributed by atoms with E-state index >= 15 is 0 Å². The number of fused-ring (bicyclic) bond motifs is 1. The molecule has 0 bridgehead atoms. The van der Waals surface area contributed by atoms with E-state index in [1.165, 1.54) is 0 Å². The molecule has 98 valence electrons. The van der Waals surface area contributed by atoms with Crippen LogP contribution in [0.4, 0.5) is 5.69 Å². The molecule has 0 saturated heterocycles. The first-order valence-electron chi connectivity index (χ1n) is 5.65. The van der Waals surface area contributed by atoms with Crippen molar-refractivity contribution in [2.24, 2.45) is 0 Å². The second-order valence-corrected chi connectivity index (χ2v) is 3.57. The molecule has 0 saturated carbocycles. The Kier molecular flexibility index (Phi) is 5.20. The van der Waals surface area contributed by atoms with Gasteiger partial charge in [-0.05, 0) is 31.2 Å². The average Bonchev–Trinajstić information content (AvgIpc) is 2.74. The van der Waals surface area contributed by atoms with E-state index in [2.05, 4.69) is 0 Å². The lowest BCUT2D eigenvalue weighted by molar-refractivity contribution is -0.143. The van der Waals surface area contributed by atoms with Gasteiger partial charge in [0.15, 0.2) is 0 Å². The SMILES string of the molecule is CCOC(=O)Cn1ccc2cc(N)ccc21.CO. The van der Waals surface area contributed by atoms with Crippen molar-refractivity contribution < 1.29 is 14.6 Å². The molecular formula is C13H18N2O3. The largest absolute Gasteiger partial charge is 0.465 e. The maximum atomic E-state index is 11.4. The molecule has 0 radical (unpaired) electrons. The van der Waals surface area contributed by atoms with E-state index in [0.29, 0.717) is 6.61 Å². The summed E-state index contributed by atoms with van der Waals surface area (Å²) in [5.41, 5.74) is 7.39. The Labute approximate surface area is 106 Å². The number of rotatable bonds is 3. The number of ether oxygens (including phenoxy) is 1. The quantitative estimate of drug-likeness (QED) is 0.637. The third kappa shape index (κ3) is 3.24. The summed E-state index contributed by atoms with van der Waals surface area (Å²) in [5, 5.41) is 8.03. The first-order chi connectivity index (χ1) is 8.70. The summed E-state index contributed by atoms with van der Waals surface area (Å²) < 4.78 is 6.76. The molecule has 5 heteroatoms. The number of aromatic nitrogens is 1. The molecule has 0 amide bonds. The Balaban J connectivity index is 0.000000771. The Hall–Kier alpha value is -2.01. The molecule has 1 aromatic heterocycles. The molecular weight excluding hydrogens is 232 g/mol. The third-order valence-electron chi connectivity index (χ3n) is 2.40. The number of aliphatic hydroxyl groups excluding tert-OH is 1. The molecule has 0 aliphatic carbocycles. The van der Waals surface area contributed by atoms with Crippen molar-refractivity contribution in [2.75, 3.05) is 19.5 Å². The van der Waals surface area contributed by atoms with Gasteiger partial charge in [-0.15, -0.1) is 0 Å². The van der Waals surface area contributed by atoms with Gasteiger partial charge in [0, 0.05) is 29.9 Å². The number of hydrogen-bond acceptors (Lipinski definition) is 4. The number of carbonyl (C=O) groups excluding carboxylic acids is 1. The number of carbonyl (C=O) groups is 1. The summed E-state index contributed by atoms with van der Waals surface area (Å²) in [4.78, 5) is 11.4. The maximum absolute atomic E-state index is 11.4. The van der Waals surface area contributed by atoms with Crippen molar-refractivity contribution in [3.8, 4) is 0 Å². The van der Waals surface area contributed by atoms with Crippen LogP contribution >= 0.6 is 0 Å². The number of anilines is 1. The average molecular weight is 250 g/mol. The van der Waals surface area contributed by atoms with Gasteiger partial charge in [0.1, 0.15) is 6.54 Å². The van der Waals surface area contributed by atoms with Gasteiger partial charge in [-0.1, -0.05) is 0 Å². The minimum atomic E-state index is -0.225. The smallest absolute Gasteiger partial charge is 0.325 e. The molecule has 18 heavy (non-hydrogen) atoms. The second-order valence-electron chi connectivity index (χ2n) is 3.57. The van der Waals surface area contributed by atoms with Crippen LogP contribution in [0.1, 0.15) is 6.92 Å². The van der Waals surface area contributed by atoms with E-state index < -0.39 is 0 Å². The van der Waals surface area contributed by atoms with Crippen LogP contribution in [0.3, 0.4) is 0 Å². The fourth-order valence-corrected chi connectivity index (χ4v) is 1.70. The molecule has 1 heterocycles. The molecule has 2 aromatic rings. The number of nitrogen functional groups attached to an aromatic ring is 1.